The van der Waals surface area contributed by atoms with Gasteiger partial charge in [-0.2, -0.15) is 5.26 Å². The quantitative estimate of drug-likeness (QED) is 0.268. The Morgan fingerprint density at radius 2 is 2.00 bits per heavy atom. The maximum absolute atomic E-state index is 12.3. The van der Waals surface area contributed by atoms with Gasteiger partial charge in [-0.05, 0) is 37.7 Å². The number of ether oxygens (including phenoxy) is 1. The van der Waals surface area contributed by atoms with Crippen LogP contribution in [0.2, 0.25) is 0 Å². The molecule has 2 aliphatic heterocycles. The first kappa shape index (κ1) is 25.1. The third-order valence-corrected chi connectivity index (χ3v) is 6.91. The number of allylic oxidation sites excluding steroid dienone is 3. The number of aromatic amines is 1. The summed E-state index contributed by atoms with van der Waals surface area (Å²) >= 11 is 0. The van der Waals surface area contributed by atoms with Gasteiger partial charge < -0.3 is 30.4 Å². The molecule has 35 heavy (non-hydrogen) atoms. The fraction of sp³-hybridized carbons (Fsp3) is 0.500. The predicted molar refractivity (Wildman–Crippen MR) is 128 cm³/mol. The molecule has 9 heteroatoms. The highest BCUT2D eigenvalue weighted by molar-refractivity contribution is 5.90. The van der Waals surface area contributed by atoms with Gasteiger partial charge in [0.05, 0.1) is 25.0 Å². The van der Waals surface area contributed by atoms with Crippen LogP contribution in [0, 0.1) is 11.3 Å². The van der Waals surface area contributed by atoms with Gasteiger partial charge in [-0.15, -0.1) is 0 Å². The number of carbonyl (C=O) groups is 1. The molecule has 186 valence electrons. The third-order valence-electron chi connectivity index (χ3n) is 6.91. The molecule has 9 nitrogen and oxygen atoms in total. The Balaban J connectivity index is 1.52. The van der Waals surface area contributed by atoms with Gasteiger partial charge in [-0.1, -0.05) is 42.0 Å². The Bertz CT molecular complexity index is 1090. The molecule has 1 aromatic heterocycles. The highest BCUT2D eigenvalue weighted by Gasteiger charge is 2.57. The highest BCUT2D eigenvalue weighted by Crippen LogP contribution is 2.50. The second kappa shape index (κ2) is 10.3. The van der Waals surface area contributed by atoms with E-state index in [1.165, 1.54) is 18.2 Å². The highest BCUT2D eigenvalue weighted by atomic mass is 16.6. The van der Waals surface area contributed by atoms with Crippen molar-refractivity contribution in [3.8, 4) is 6.07 Å². The zero-order chi connectivity index (χ0) is 24.9. The van der Waals surface area contributed by atoms with E-state index >= 15 is 0 Å². The molecule has 1 unspecified atom stereocenters. The minimum atomic E-state index is -1.34. The number of nitrogens with zero attached hydrogens (tertiary/aromatic N) is 2. The van der Waals surface area contributed by atoms with Gasteiger partial charge in [0.1, 0.15) is 23.0 Å². The van der Waals surface area contributed by atoms with Gasteiger partial charge in [-0.3, -0.25) is 4.79 Å². The van der Waals surface area contributed by atoms with Crippen molar-refractivity contribution in [1.82, 2.24) is 15.3 Å². The monoisotopic (exact) mass is 480 g/mol. The lowest BCUT2D eigenvalue weighted by atomic mass is 9.74. The summed E-state index contributed by atoms with van der Waals surface area (Å²) < 4.78 is 6.00. The first-order valence-corrected chi connectivity index (χ1v) is 12.0. The van der Waals surface area contributed by atoms with Crippen molar-refractivity contribution < 1.29 is 24.9 Å². The predicted octanol–water partition coefficient (Wildman–Crippen LogP) is 1.96. The van der Waals surface area contributed by atoms with Crippen LogP contribution in [0.4, 0.5) is 0 Å². The fourth-order valence-electron chi connectivity index (χ4n) is 5.16. The molecule has 1 amide bonds. The van der Waals surface area contributed by atoms with Crippen LogP contribution in [0.3, 0.4) is 0 Å². The molecule has 1 aromatic rings. The average molecular weight is 481 g/mol. The number of H-pyrrole nitrogens is 1. The molecule has 0 radical (unpaired) electrons. The summed E-state index contributed by atoms with van der Waals surface area (Å²) in [4.78, 5) is 18.8. The molecular weight excluding hydrogens is 448 g/mol. The van der Waals surface area contributed by atoms with Crippen LogP contribution >= 0.6 is 0 Å². The Morgan fingerprint density at radius 1 is 1.26 bits per heavy atom. The van der Waals surface area contributed by atoms with Crippen molar-refractivity contribution in [3.05, 3.63) is 65.3 Å². The van der Waals surface area contributed by atoms with Crippen molar-refractivity contribution in [1.29, 1.82) is 5.26 Å². The molecule has 2 bridgehead atoms. The van der Waals surface area contributed by atoms with Crippen LogP contribution < -0.4 is 5.32 Å². The normalized spacial score (nSPS) is 30.3. The maximum atomic E-state index is 12.3. The number of amides is 1. The van der Waals surface area contributed by atoms with E-state index in [1.54, 1.807) is 24.3 Å². The third kappa shape index (κ3) is 5.46. The van der Waals surface area contributed by atoms with Crippen LogP contribution in [0.1, 0.15) is 61.3 Å². The van der Waals surface area contributed by atoms with Crippen molar-refractivity contribution in [2.45, 2.75) is 61.7 Å². The number of nitriles is 1. The number of rotatable bonds is 9. The Kier molecular flexibility index (Phi) is 7.38. The molecule has 1 aliphatic carbocycles. The van der Waals surface area contributed by atoms with E-state index in [4.69, 9.17) is 10.00 Å². The number of aliphatic hydroxyl groups excluding tert-OH is 2. The molecule has 0 spiro atoms. The number of carbonyl (C=O) groups excluding carboxylic acids is 1. The summed E-state index contributed by atoms with van der Waals surface area (Å²) in [6.45, 7) is -0.429. The van der Waals surface area contributed by atoms with Crippen LogP contribution in [-0.2, 0) is 4.74 Å². The lowest BCUT2D eigenvalue weighted by Crippen LogP contribution is -2.57. The van der Waals surface area contributed by atoms with Gasteiger partial charge in [0, 0.05) is 19.4 Å². The summed E-state index contributed by atoms with van der Waals surface area (Å²) in [7, 11) is 0. The smallest absolute Gasteiger partial charge is 0.287 e. The minimum Gasteiger partial charge on any atom is -0.393 e. The van der Waals surface area contributed by atoms with E-state index in [2.05, 4.69) is 21.4 Å². The number of imidazole rings is 1. The standard InChI is InChI=1S/C26H32N4O5/c27-13-21-14-29-22(30-21)23(33)28-12-4-7-20(9-8-19-5-2-1-3-6-19)26(34)15-24(17-31)10-11-25(16-26,18-32)35-24/h4-5,7,9-11,14,31-32,34H,1-3,6,8,12,15-18H2,(H,28,33)(H,29,30)/b7-4-,20-9+/t24-,25+,26?. The Morgan fingerprint density at radius 3 is 2.60 bits per heavy atom. The molecule has 4 rings (SSSR count). The summed E-state index contributed by atoms with van der Waals surface area (Å²) in [5.74, 6) is -0.394. The summed E-state index contributed by atoms with van der Waals surface area (Å²) in [6.07, 6.45) is 18.0. The number of nitrogens with one attached hydrogen (secondary N) is 2. The van der Waals surface area contributed by atoms with Crippen molar-refractivity contribution >= 4 is 5.91 Å². The summed E-state index contributed by atoms with van der Waals surface area (Å²) in [5, 5.41) is 43.5. The average Bonchev–Trinajstić information content (AvgIpc) is 3.47. The topological polar surface area (TPSA) is 151 Å². The number of aliphatic hydroxyl groups is 3. The summed E-state index contributed by atoms with van der Waals surface area (Å²) in [5.41, 5.74) is -1.27. The number of hydrogen-bond donors (Lipinski definition) is 5. The summed E-state index contributed by atoms with van der Waals surface area (Å²) in [6, 6.07) is 1.89. The second-order valence-corrected chi connectivity index (χ2v) is 9.61. The number of fused-ring (bicyclic) bond motifs is 2. The molecule has 3 heterocycles. The SMILES string of the molecule is N#Cc1cnc(C(=O)NC/C=C\C(=C/CC2=CCCCC2)C2(O)C[C@@]3(CO)C=C[C@@](CO)(C2)O3)[nH]1. The molecule has 1 fully saturated rings. The van der Waals surface area contributed by atoms with E-state index in [0.29, 0.717) is 12.0 Å². The molecule has 0 saturated carbocycles. The lowest BCUT2D eigenvalue weighted by molar-refractivity contribution is -0.206. The molecule has 0 aromatic carbocycles. The fourth-order valence-corrected chi connectivity index (χ4v) is 5.16. The molecular formula is C26H32N4O5. The Hall–Kier alpha value is -3.03. The number of aromatic nitrogens is 2. The lowest BCUT2D eigenvalue weighted by Gasteiger charge is -2.48. The van der Waals surface area contributed by atoms with Gasteiger partial charge in [0.25, 0.3) is 5.91 Å². The zero-order valence-electron chi connectivity index (χ0n) is 19.7. The van der Waals surface area contributed by atoms with Gasteiger partial charge in [-0.25, -0.2) is 4.98 Å². The van der Waals surface area contributed by atoms with Gasteiger partial charge in [0.15, 0.2) is 5.82 Å². The van der Waals surface area contributed by atoms with E-state index < -0.39 is 22.7 Å². The van der Waals surface area contributed by atoms with Crippen molar-refractivity contribution in [2.24, 2.45) is 0 Å². The maximum Gasteiger partial charge on any atom is 0.287 e. The first-order valence-electron chi connectivity index (χ1n) is 12.0. The number of hydrogen-bond acceptors (Lipinski definition) is 7. The van der Waals surface area contributed by atoms with Gasteiger partial charge in [0.2, 0.25) is 0 Å². The van der Waals surface area contributed by atoms with Crippen molar-refractivity contribution in [2.75, 3.05) is 19.8 Å². The molecule has 1 saturated heterocycles. The second-order valence-electron chi connectivity index (χ2n) is 9.61. The van der Waals surface area contributed by atoms with Crippen LogP contribution in [0.25, 0.3) is 0 Å². The van der Waals surface area contributed by atoms with E-state index in [9.17, 15) is 20.1 Å². The van der Waals surface area contributed by atoms with Crippen LogP contribution in [0.5, 0.6) is 0 Å². The van der Waals surface area contributed by atoms with E-state index in [-0.39, 0.29) is 44.1 Å². The van der Waals surface area contributed by atoms with E-state index in [1.807, 2.05) is 12.1 Å². The molecule has 3 atom stereocenters. The Labute approximate surface area is 204 Å². The van der Waals surface area contributed by atoms with Crippen LogP contribution in [-0.4, -0.2) is 67.8 Å². The largest absolute Gasteiger partial charge is 0.393 e. The molecule has 5 N–H and O–H groups in total. The van der Waals surface area contributed by atoms with Crippen molar-refractivity contribution in [3.63, 3.8) is 0 Å². The minimum absolute atomic E-state index is 0.0513. The zero-order valence-corrected chi connectivity index (χ0v) is 19.7. The van der Waals surface area contributed by atoms with E-state index in [0.717, 1.165) is 19.3 Å². The van der Waals surface area contributed by atoms with Gasteiger partial charge >= 0.3 is 0 Å². The molecule has 3 aliphatic rings. The first-order chi connectivity index (χ1) is 16.8. The van der Waals surface area contributed by atoms with Crippen LogP contribution in [0.15, 0.2) is 53.8 Å².